The molecular formula is C10H9BrN2. The van der Waals surface area contributed by atoms with E-state index in [0.717, 1.165) is 10.4 Å². The van der Waals surface area contributed by atoms with Crippen molar-refractivity contribution in [3.63, 3.8) is 0 Å². The highest BCUT2D eigenvalue weighted by atomic mass is 79.9. The average Bonchev–Trinajstić information content (AvgIpc) is 2.93. The second kappa shape index (κ2) is 2.58. The summed E-state index contributed by atoms with van der Waals surface area (Å²) in [5, 5.41) is 4.21. The van der Waals surface area contributed by atoms with Gasteiger partial charge in [0.05, 0.1) is 16.2 Å². The monoisotopic (exact) mass is 236 g/mol. The lowest BCUT2D eigenvalue weighted by atomic mass is 10.1. The van der Waals surface area contributed by atoms with Crippen molar-refractivity contribution in [1.29, 1.82) is 0 Å². The van der Waals surface area contributed by atoms with E-state index in [-0.39, 0.29) is 0 Å². The van der Waals surface area contributed by atoms with Gasteiger partial charge < -0.3 is 0 Å². The lowest BCUT2D eigenvalue weighted by Crippen LogP contribution is -1.87. The summed E-state index contributed by atoms with van der Waals surface area (Å²) < 4.78 is 2.98. The van der Waals surface area contributed by atoms with E-state index in [2.05, 4.69) is 33.2 Å². The van der Waals surface area contributed by atoms with Crippen LogP contribution in [-0.4, -0.2) is 9.61 Å². The lowest BCUT2D eigenvalue weighted by molar-refractivity contribution is 0.950. The zero-order valence-electron chi connectivity index (χ0n) is 7.07. The Morgan fingerprint density at radius 3 is 3.08 bits per heavy atom. The normalized spacial score (nSPS) is 16.7. The summed E-state index contributed by atoms with van der Waals surface area (Å²) in [6, 6.07) is 4.40. The highest BCUT2D eigenvalue weighted by Gasteiger charge is 2.23. The van der Waals surface area contributed by atoms with Gasteiger partial charge in [-0.05, 0) is 52.4 Å². The van der Waals surface area contributed by atoms with Crippen LogP contribution in [0.2, 0.25) is 0 Å². The molecule has 2 heterocycles. The van der Waals surface area contributed by atoms with Gasteiger partial charge in [0.1, 0.15) is 0 Å². The van der Waals surface area contributed by atoms with Crippen LogP contribution in [0, 0.1) is 0 Å². The molecule has 2 nitrogen and oxygen atoms in total. The van der Waals surface area contributed by atoms with Crippen molar-refractivity contribution in [3.05, 3.63) is 34.6 Å². The molecule has 1 aliphatic carbocycles. The Bertz CT molecular complexity index is 457. The minimum atomic E-state index is 0.812. The maximum Gasteiger partial charge on any atom is 0.0806 e. The van der Waals surface area contributed by atoms with Gasteiger partial charge in [-0.15, -0.1) is 0 Å². The molecule has 3 heteroatoms. The van der Waals surface area contributed by atoms with E-state index in [9.17, 15) is 0 Å². The molecule has 0 amide bonds. The van der Waals surface area contributed by atoms with Gasteiger partial charge >= 0.3 is 0 Å². The van der Waals surface area contributed by atoms with Gasteiger partial charge in [0, 0.05) is 6.20 Å². The smallest absolute Gasteiger partial charge is 0.0806 e. The Balaban J connectivity index is 2.24. The first kappa shape index (κ1) is 7.56. The number of aromatic nitrogens is 2. The van der Waals surface area contributed by atoms with Crippen molar-refractivity contribution >= 4 is 21.4 Å². The second-order valence-electron chi connectivity index (χ2n) is 3.56. The Morgan fingerprint density at radius 1 is 1.46 bits per heavy atom. The van der Waals surface area contributed by atoms with Gasteiger partial charge in [0.2, 0.25) is 0 Å². The largest absolute Gasteiger partial charge is 0.240 e. The molecule has 0 N–H and O–H groups in total. The molecule has 0 aliphatic heterocycles. The summed E-state index contributed by atoms with van der Waals surface area (Å²) in [6.45, 7) is 0. The molecule has 0 radical (unpaired) electrons. The van der Waals surface area contributed by atoms with Gasteiger partial charge in [-0.2, -0.15) is 5.10 Å². The Labute approximate surface area is 84.7 Å². The van der Waals surface area contributed by atoms with Crippen molar-refractivity contribution in [2.24, 2.45) is 0 Å². The maximum absolute atomic E-state index is 4.21. The topological polar surface area (TPSA) is 17.3 Å². The van der Waals surface area contributed by atoms with Crippen LogP contribution >= 0.6 is 15.9 Å². The third-order valence-corrected chi connectivity index (χ3v) is 3.16. The van der Waals surface area contributed by atoms with Gasteiger partial charge in [0.25, 0.3) is 0 Å². The summed E-state index contributed by atoms with van der Waals surface area (Å²) in [7, 11) is 0. The van der Waals surface area contributed by atoms with Crippen LogP contribution in [0.4, 0.5) is 0 Å². The quantitative estimate of drug-likeness (QED) is 0.745. The molecule has 2 aromatic rings. The highest BCUT2D eigenvalue weighted by molar-refractivity contribution is 9.10. The Hall–Kier alpha value is -0.830. The molecule has 2 aromatic heterocycles. The Morgan fingerprint density at radius 2 is 2.31 bits per heavy atom. The zero-order chi connectivity index (χ0) is 8.84. The number of halogens is 1. The number of pyridine rings is 1. The van der Waals surface area contributed by atoms with Crippen LogP contribution in [0.25, 0.3) is 5.52 Å². The number of fused-ring (bicyclic) bond motifs is 1. The summed E-state index contributed by atoms with van der Waals surface area (Å²) in [5.74, 6) is 0.812. The fraction of sp³-hybridized carbons (Fsp3) is 0.300. The van der Waals surface area contributed by atoms with Crippen LogP contribution in [0.15, 0.2) is 29.0 Å². The predicted molar refractivity (Wildman–Crippen MR) is 54.9 cm³/mol. The molecule has 1 saturated carbocycles. The SMILES string of the molecule is Brc1cnn2ccc(C3CC3)cc12. The third kappa shape index (κ3) is 1.18. The van der Waals surface area contributed by atoms with E-state index in [1.807, 2.05) is 16.9 Å². The minimum absolute atomic E-state index is 0.812. The van der Waals surface area contributed by atoms with Crippen molar-refractivity contribution in [2.45, 2.75) is 18.8 Å². The molecule has 66 valence electrons. The van der Waals surface area contributed by atoms with E-state index in [4.69, 9.17) is 0 Å². The molecule has 3 rings (SSSR count). The summed E-state index contributed by atoms with van der Waals surface area (Å²) in [6.07, 6.45) is 6.57. The van der Waals surface area contributed by atoms with Crippen molar-refractivity contribution in [1.82, 2.24) is 9.61 Å². The van der Waals surface area contributed by atoms with Crippen LogP contribution in [-0.2, 0) is 0 Å². The van der Waals surface area contributed by atoms with E-state index in [0.29, 0.717) is 0 Å². The van der Waals surface area contributed by atoms with Crippen molar-refractivity contribution < 1.29 is 0 Å². The highest BCUT2D eigenvalue weighted by Crippen LogP contribution is 2.40. The minimum Gasteiger partial charge on any atom is -0.240 e. The molecule has 0 atom stereocenters. The van der Waals surface area contributed by atoms with Gasteiger partial charge in [-0.25, -0.2) is 4.52 Å². The van der Waals surface area contributed by atoms with Crippen LogP contribution < -0.4 is 0 Å². The molecule has 0 spiro atoms. The third-order valence-electron chi connectivity index (χ3n) is 2.55. The molecule has 0 unspecified atom stereocenters. The number of nitrogens with zero attached hydrogens (tertiary/aromatic N) is 2. The molecular weight excluding hydrogens is 228 g/mol. The average molecular weight is 237 g/mol. The number of hydrogen-bond donors (Lipinski definition) is 0. The lowest BCUT2D eigenvalue weighted by Gasteiger charge is -1.98. The standard InChI is InChI=1S/C10H9BrN2/c11-9-6-12-13-4-3-8(5-10(9)13)7-1-2-7/h3-7H,1-2H2. The Kier molecular flexibility index (Phi) is 1.50. The van der Waals surface area contributed by atoms with E-state index < -0.39 is 0 Å². The second-order valence-corrected chi connectivity index (χ2v) is 4.41. The molecule has 13 heavy (non-hydrogen) atoms. The molecule has 0 aromatic carbocycles. The molecule has 0 saturated heterocycles. The molecule has 1 aliphatic rings. The van der Waals surface area contributed by atoms with Crippen LogP contribution in [0.1, 0.15) is 24.3 Å². The first-order chi connectivity index (χ1) is 6.34. The predicted octanol–water partition coefficient (Wildman–Crippen LogP) is 2.97. The van der Waals surface area contributed by atoms with Gasteiger partial charge in [-0.1, -0.05) is 0 Å². The first-order valence-corrected chi connectivity index (χ1v) is 5.27. The fourth-order valence-electron chi connectivity index (χ4n) is 1.64. The summed E-state index contributed by atoms with van der Waals surface area (Å²) >= 11 is 3.49. The number of hydrogen-bond acceptors (Lipinski definition) is 1. The van der Waals surface area contributed by atoms with E-state index >= 15 is 0 Å². The van der Waals surface area contributed by atoms with Crippen LogP contribution in [0.3, 0.4) is 0 Å². The van der Waals surface area contributed by atoms with Crippen molar-refractivity contribution in [3.8, 4) is 0 Å². The first-order valence-electron chi connectivity index (χ1n) is 4.47. The summed E-state index contributed by atoms with van der Waals surface area (Å²) in [4.78, 5) is 0. The van der Waals surface area contributed by atoms with E-state index in [1.165, 1.54) is 23.9 Å². The molecule has 1 fully saturated rings. The van der Waals surface area contributed by atoms with Gasteiger partial charge in [0.15, 0.2) is 0 Å². The number of rotatable bonds is 1. The zero-order valence-corrected chi connectivity index (χ0v) is 8.66. The van der Waals surface area contributed by atoms with E-state index in [1.54, 1.807) is 0 Å². The van der Waals surface area contributed by atoms with Crippen LogP contribution in [0.5, 0.6) is 0 Å². The van der Waals surface area contributed by atoms with Crippen molar-refractivity contribution in [2.75, 3.05) is 0 Å². The maximum atomic E-state index is 4.21. The fourth-order valence-corrected chi connectivity index (χ4v) is 2.03. The summed E-state index contributed by atoms with van der Waals surface area (Å²) in [5.41, 5.74) is 2.62. The molecule has 0 bridgehead atoms. The van der Waals surface area contributed by atoms with Gasteiger partial charge in [-0.3, -0.25) is 0 Å².